The van der Waals surface area contributed by atoms with Gasteiger partial charge in [-0.1, -0.05) is 84.9 Å². The van der Waals surface area contributed by atoms with Crippen molar-refractivity contribution in [2.75, 3.05) is 39.6 Å². The maximum absolute atomic E-state index is 6.46. The summed E-state index contributed by atoms with van der Waals surface area (Å²) < 4.78 is 12.9. The lowest BCUT2D eigenvalue weighted by Gasteiger charge is -2.29. The normalized spacial score (nSPS) is 14.4. The van der Waals surface area contributed by atoms with Crippen LogP contribution in [-0.2, 0) is 0 Å². The van der Waals surface area contributed by atoms with Crippen LogP contribution < -0.4 is 19.6 Å². The van der Waals surface area contributed by atoms with Gasteiger partial charge >= 0.3 is 0 Å². The summed E-state index contributed by atoms with van der Waals surface area (Å²) >= 11 is 0. The van der Waals surface area contributed by atoms with Gasteiger partial charge in [0.05, 0.1) is 54.1 Å². The van der Waals surface area contributed by atoms with E-state index < -0.39 is 0 Å². The molecule has 0 unspecified atom stereocenters. The van der Waals surface area contributed by atoms with Crippen LogP contribution in [0.3, 0.4) is 0 Å². The van der Waals surface area contributed by atoms with Crippen LogP contribution in [0.4, 0.5) is 34.1 Å². The minimum atomic E-state index is 0.716. The van der Waals surface area contributed by atoms with E-state index in [4.69, 9.17) is 8.83 Å². The van der Waals surface area contributed by atoms with E-state index in [0.29, 0.717) is 13.3 Å². The molecule has 2 aliphatic heterocycles. The second-order valence-electron chi connectivity index (χ2n) is 11.8. The van der Waals surface area contributed by atoms with Crippen LogP contribution in [0.1, 0.15) is 0 Å². The molecule has 0 N–H and O–H groups in total. The Morgan fingerprint density at radius 3 is 1.24 bits per heavy atom. The van der Waals surface area contributed by atoms with Crippen LogP contribution in [0.2, 0.25) is 0 Å². The Kier molecular flexibility index (Phi) is 5.08. The van der Waals surface area contributed by atoms with Gasteiger partial charge in [-0.05, 0) is 48.5 Å². The van der Waals surface area contributed by atoms with Crippen molar-refractivity contribution in [3.05, 3.63) is 133 Å². The van der Waals surface area contributed by atoms with Gasteiger partial charge in [-0.15, -0.1) is 0 Å². The number of benzene rings is 6. The highest BCUT2D eigenvalue weighted by Gasteiger charge is 2.34. The molecule has 2 aliphatic rings. The quantitative estimate of drug-likeness (QED) is 0.205. The molecule has 0 radical (unpaired) electrons. The number of para-hydroxylation sites is 8. The lowest BCUT2D eigenvalue weighted by Crippen LogP contribution is -2.40. The molecular formula is C39H28N4O2. The molecule has 0 aliphatic carbocycles. The van der Waals surface area contributed by atoms with Crippen molar-refractivity contribution in [2.24, 2.45) is 0 Å². The second kappa shape index (κ2) is 9.31. The number of hydrogen-bond acceptors (Lipinski definition) is 6. The van der Waals surface area contributed by atoms with Crippen molar-refractivity contribution in [3.8, 4) is 0 Å². The summed E-state index contributed by atoms with van der Waals surface area (Å²) in [5, 5.41) is 4.57. The first-order valence-corrected chi connectivity index (χ1v) is 15.4. The zero-order chi connectivity index (χ0) is 29.5. The Labute approximate surface area is 259 Å². The molecule has 8 aromatic rings. The fourth-order valence-electron chi connectivity index (χ4n) is 7.32. The van der Waals surface area contributed by atoms with E-state index in [1.165, 1.54) is 22.7 Å². The molecule has 6 nitrogen and oxygen atoms in total. The fourth-order valence-corrected chi connectivity index (χ4v) is 7.32. The Morgan fingerprint density at radius 1 is 0.378 bits per heavy atom. The molecule has 4 heterocycles. The Morgan fingerprint density at radius 2 is 0.756 bits per heavy atom. The topological polar surface area (TPSA) is 39.2 Å². The number of fused-ring (bicyclic) bond motifs is 8. The lowest BCUT2D eigenvalue weighted by atomic mass is 10.1. The van der Waals surface area contributed by atoms with Crippen molar-refractivity contribution in [1.82, 2.24) is 0 Å². The van der Waals surface area contributed by atoms with E-state index in [-0.39, 0.29) is 0 Å². The van der Waals surface area contributed by atoms with Crippen LogP contribution in [0.5, 0.6) is 0 Å². The third-order valence-corrected chi connectivity index (χ3v) is 9.34. The van der Waals surface area contributed by atoms with Crippen molar-refractivity contribution >= 4 is 78.0 Å². The first kappa shape index (κ1) is 24.6. The lowest BCUT2D eigenvalue weighted by molar-refractivity contribution is 0.666. The molecule has 6 aromatic carbocycles. The average Bonchev–Trinajstić information content (AvgIpc) is 3.86. The number of hydrogen-bond donors (Lipinski definition) is 0. The number of nitrogens with zero attached hydrogens (tertiary/aromatic N) is 4. The summed E-state index contributed by atoms with van der Waals surface area (Å²) in [4.78, 5) is 9.68. The SMILES string of the molecule is c1ccc2c(c1)N(CN1CN(c3cccc4c3oc3ccccc34)c3ccccc31)CN2c1cccc2c1oc1ccccc12. The summed E-state index contributed by atoms with van der Waals surface area (Å²) in [5.74, 6) is 0. The van der Waals surface area contributed by atoms with E-state index >= 15 is 0 Å². The van der Waals surface area contributed by atoms with Gasteiger partial charge in [-0.2, -0.15) is 0 Å². The summed E-state index contributed by atoms with van der Waals surface area (Å²) in [5.41, 5.74) is 10.6. The smallest absolute Gasteiger partial charge is 0.159 e. The molecule has 216 valence electrons. The van der Waals surface area contributed by atoms with Gasteiger partial charge in [-0.3, -0.25) is 0 Å². The van der Waals surface area contributed by atoms with Crippen LogP contribution in [-0.4, -0.2) is 20.0 Å². The molecule has 0 saturated carbocycles. The van der Waals surface area contributed by atoms with Gasteiger partial charge in [0, 0.05) is 21.5 Å². The molecule has 0 atom stereocenters. The van der Waals surface area contributed by atoms with E-state index in [1.54, 1.807) is 0 Å². The van der Waals surface area contributed by atoms with Crippen LogP contribution >= 0.6 is 0 Å². The van der Waals surface area contributed by atoms with Crippen molar-refractivity contribution < 1.29 is 8.83 Å². The van der Waals surface area contributed by atoms with Crippen LogP contribution in [0, 0.1) is 0 Å². The molecule has 10 rings (SSSR count). The van der Waals surface area contributed by atoms with Crippen molar-refractivity contribution in [1.29, 1.82) is 0 Å². The summed E-state index contributed by atoms with van der Waals surface area (Å²) in [6, 6.07) is 46.9. The van der Waals surface area contributed by atoms with Gasteiger partial charge in [-0.25, -0.2) is 0 Å². The third kappa shape index (κ3) is 3.56. The largest absolute Gasteiger partial charge is 0.454 e. The molecule has 45 heavy (non-hydrogen) atoms. The Bertz CT molecular complexity index is 2250. The monoisotopic (exact) mass is 584 g/mol. The van der Waals surface area contributed by atoms with Gasteiger partial charge in [0.25, 0.3) is 0 Å². The molecule has 6 heteroatoms. The Hall–Kier alpha value is -5.88. The number of anilines is 6. The standard InChI is InChI=1S/C39H28N4O2/c1-7-21-36-26(11-1)28-13-9-19-34(38(28)44-36)42-24-40(30-15-3-5-17-32(30)42)23-41-25-43(33-18-6-4-16-31(33)41)35-20-10-14-29-27-12-2-8-22-37(27)45-39(29)35/h1-22H,23-25H2. The van der Waals surface area contributed by atoms with Gasteiger partial charge in [0.15, 0.2) is 11.2 Å². The highest BCUT2D eigenvalue weighted by atomic mass is 16.3. The first-order chi connectivity index (χ1) is 22.3. The second-order valence-corrected chi connectivity index (χ2v) is 11.8. The highest BCUT2D eigenvalue weighted by molar-refractivity contribution is 6.11. The highest BCUT2D eigenvalue weighted by Crippen LogP contribution is 2.47. The van der Waals surface area contributed by atoms with E-state index in [9.17, 15) is 0 Å². The average molecular weight is 585 g/mol. The van der Waals surface area contributed by atoms with E-state index in [2.05, 4.69) is 129 Å². The van der Waals surface area contributed by atoms with E-state index in [0.717, 1.165) is 61.9 Å². The molecular weight excluding hydrogens is 556 g/mol. The van der Waals surface area contributed by atoms with Gasteiger partial charge in [0.2, 0.25) is 0 Å². The summed E-state index contributed by atoms with van der Waals surface area (Å²) in [7, 11) is 0. The first-order valence-electron chi connectivity index (χ1n) is 15.4. The predicted octanol–water partition coefficient (Wildman–Crippen LogP) is 9.97. The van der Waals surface area contributed by atoms with Crippen molar-refractivity contribution in [2.45, 2.75) is 0 Å². The molecule has 0 saturated heterocycles. The van der Waals surface area contributed by atoms with Gasteiger partial charge in [0.1, 0.15) is 11.2 Å². The molecule has 0 fully saturated rings. The maximum Gasteiger partial charge on any atom is 0.159 e. The van der Waals surface area contributed by atoms with Gasteiger partial charge < -0.3 is 28.4 Å². The molecule has 0 amide bonds. The minimum absolute atomic E-state index is 0.716. The molecule has 0 bridgehead atoms. The predicted molar refractivity (Wildman–Crippen MR) is 184 cm³/mol. The number of rotatable bonds is 4. The summed E-state index contributed by atoms with van der Waals surface area (Å²) in [6.07, 6.45) is 0. The zero-order valence-electron chi connectivity index (χ0n) is 24.4. The maximum atomic E-state index is 6.46. The zero-order valence-corrected chi connectivity index (χ0v) is 24.4. The summed E-state index contributed by atoms with van der Waals surface area (Å²) in [6.45, 7) is 2.16. The molecule has 0 spiro atoms. The number of furan rings is 2. The fraction of sp³-hybridized carbons (Fsp3) is 0.0769. The third-order valence-electron chi connectivity index (χ3n) is 9.34. The molecule has 2 aromatic heterocycles. The van der Waals surface area contributed by atoms with E-state index in [1.807, 2.05) is 24.3 Å². The Balaban J connectivity index is 1.03. The van der Waals surface area contributed by atoms with Crippen molar-refractivity contribution in [3.63, 3.8) is 0 Å². The van der Waals surface area contributed by atoms with Crippen LogP contribution in [0.25, 0.3) is 43.9 Å². The minimum Gasteiger partial charge on any atom is -0.454 e. The van der Waals surface area contributed by atoms with Crippen LogP contribution in [0.15, 0.2) is 142 Å².